The molecule has 3 aliphatic rings. The summed E-state index contributed by atoms with van der Waals surface area (Å²) in [7, 11) is 0. The van der Waals surface area contributed by atoms with E-state index < -0.39 is 155 Å². The summed E-state index contributed by atoms with van der Waals surface area (Å²) in [6, 6.07) is -2.62. The van der Waals surface area contributed by atoms with Gasteiger partial charge in [-0.05, 0) is 44.9 Å². The van der Waals surface area contributed by atoms with E-state index in [-0.39, 0.29) is 12.3 Å². The number of allylic oxidation sites excluding steroid dienone is 3. The standard InChI is InChI=1S/C86H160N2O21/c1-4-6-8-10-12-14-16-18-20-22-24-26-28-29-30-31-32-33-34-35-36-37-38-40-42-44-46-48-50-52-54-56-58-60-73(96)88-67(68(93)59-57-55-53-51-49-47-45-43-41-39-27-25-23-21-19-17-15-13-11-9-7-5-2)65-104-83-78(100)77(99)80(72(64-91)106-83)107-84-79(101)82(76(98)71(63-90)105-84)109-86(85(102)103)61-69(94)74(87-66(3)92)81(108-86)75(97)70(95)62-89/h29-30,57,59,67-72,74-84,89-91,93-95,97-101H,4-28,31-56,58,60-65H2,1-3H3,(H,87,92)(H,88,96)(H,102,103)/b30-29-,59-57+. The topological polar surface area (TPSA) is 373 Å². The van der Waals surface area contributed by atoms with Crippen LogP contribution in [0, 0.1) is 0 Å². The summed E-state index contributed by atoms with van der Waals surface area (Å²) < 4.78 is 35.0. The van der Waals surface area contributed by atoms with E-state index in [0.29, 0.717) is 12.8 Å². The lowest BCUT2D eigenvalue weighted by molar-refractivity contribution is -0.386. The van der Waals surface area contributed by atoms with E-state index in [1.807, 2.05) is 6.08 Å². The summed E-state index contributed by atoms with van der Waals surface area (Å²) in [6.07, 6.45) is 45.1. The quantitative estimate of drug-likeness (QED) is 0.0199. The fourth-order valence-electron chi connectivity index (χ4n) is 15.4. The fourth-order valence-corrected chi connectivity index (χ4v) is 15.4. The lowest BCUT2D eigenvalue weighted by atomic mass is 9.88. The van der Waals surface area contributed by atoms with E-state index in [1.54, 1.807) is 6.08 Å². The molecule has 0 radical (unpaired) electrons. The molecule has 3 aliphatic heterocycles. The number of aliphatic carboxylic acids is 1. The van der Waals surface area contributed by atoms with E-state index >= 15 is 0 Å². The van der Waals surface area contributed by atoms with Gasteiger partial charge in [0.2, 0.25) is 11.8 Å². The van der Waals surface area contributed by atoms with Crippen molar-refractivity contribution < 1.29 is 104 Å². The Labute approximate surface area is 657 Å². The van der Waals surface area contributed by atoms with Crippen LogP contribution in [0.15, 0.2) is 24.3 Å². The Morgan fingerprint density at radius 3 is 1.25 bits per heavy atom. The molecule has 0 aromatic heterocycles. The van der Waals surface area contributed by atoms with Crippen LogP contribution in [0.3, 0.4) is 0 Å². The van der Waals surface area contributed by atoms with Crippen LogP contribution in [0.4, 0.5) is 0 Å². The van der Waals surface area contributed by atoms with Gasteiger partial charge in [0.1, 0.15) is 67.1 Å². The minimum Gasteiger partial charge on any atom is -0.477 e. The first kappa shape index (κ1) is 100. The molecule has 23 heteroatoms. The van der Waals surface area contributed by atoms with Gasteiger partial charge in [0.05, 0.1) is 50.7 Å². The second-order valence-corrected chi connectivity index (χ2v) is 32.1. The molecule has 0 saturated carbocycles. The van der Waals surface area contributed by atoms with Crippen molar-refractivity contribution in [2.24, 2.45) is 0 Å². The number of carboxylic acid groups (broad SMARTS) is 1. The van der Waals surface area contributed by atoms with Gasteiger partial charge in [0, 0.05) is 19.8 Å². The number of nitrogens with one attached hydrogen (secondary N) is 2. The van der Waals surface area contributed by atoms with Crippen LogP contribution in [0.1, 0.15) is 367 Å². The molecule has 0 aliphatic carbocycles. The maximum atomic E-state index is 13.6. The Kier molecular flexibility index (Phi) is 59.3. The maximum absolute atomic E-state index is 13.6. The highest BCUT2D eigenvalue weighted by Crippen LogP contribution is 2.39. The highest BCUT2D eigenvalue weighted by atomic mass is 16.8. The summed E-state index contributed by atoms with van der Waals surface area (Å²) >= 11 is 0. The Morgan fingerprint density at radius 2 is 0.862 bits per heavy atom. The molecular weight excluding hydrogens is 1400 g/mol. The zero-order valence-corrected chi connectivity index (χ0v) is 68.2. The monoisotopic (exact) mass is 1560 g/mol. The predicted molar refractivity (Wildman–Crippen MR) is 426 cm³/mol. The molecule has 3 heterocycles. The summed E-state index contributed by atoms with van der Waals surface area (Å²) in [5.74, 6) is -6.13. The van der Waals surface area contributed by atoms with Crippen LogP contribution in [0.2, 0.25) is 0 Å². The van der Waals surface area contributed by atoms with Gasteiger partial charge in [0.15, 0.2) is 12.6 Å². The Balaban J connectivity index is 1.46. The number of aliphatic hydroxyl groups is 11. The summed E-state index contributed by atoms with van der Waals surface area (Å²) in [6.45, 7) is 2.21. The Bertz CT molecular complexity index is 2250. The van der Waals surface area contributed by atoms with Crippen molar-refractivity contribution in [3.8, 4) is 0 Å². The smallest absolute Gasteiger partial charge is 0.364 e. The van der Waals surface area contributed by atoms with Crippen molar-refractivity contribution in [2.75, 3.05) is 26.4 Å². The molecule has 0 aromatic rings. The van der Waals surface area contributed by atoms with E-state index in [2.05, 4.69) is 36.6 Å². The van der Waals surface area contributed by atoms with Crippen LogP contribution >= 0.6 is 0 Å². The molecule has 18 atom stereocenters. The van der Waals surface area contributed by atoms with E-state index in [9.17, 15) is 75.7 Å². The first-order valence-corrected chi connectivity index (χ1v) is 44.2. The average Bonchev–Trinajstić information content (AvgIpc) is 0.754. The van der Waals surface area contributed by atoms with Crippen molar-refractivity contribution >= 4 is 17.8 Å². The molecule has 3 saturated heterocycles. The third-order valence-electron chi connectivity index (χ3n) is 22.4. The second kappa shape index (κ2) is 64.4. The number of carbonyl (C=O) groups excluding carboxylic acids is 2. The van der Waals surface area contributed by atoms with Gasteiger partial charge in [-0.2, -0.15) is 0 Å². The molecule has 14 N–H and O–H groups in total. The molecular formula is C86H160N2O21. The van der Waals surface area contributed by atoms with Crippen molar-refractivity contribution in [3.63, 3.8) is 0 Å². The molecule has 0 spiro atoms. The third kappa shape index (κ3) is 43.7. The first-order valence-electron chi connectivity index (χ1n) is 44.2. The van der Waals surface area contributed by atoms with E-state index in [0.717, 1.165) is 51.9 Å². The van der Waals surface area contributed by atoms with Gasteiger partial charge >= 0.3 is 5.97 Å². The third-order valence-corrected chi connectivity index (χ3v) is 22.4. The second-order valence-electron chi connectivity index (χ2n) is 32.1. The van der Waals surface area contributed by atoms with Crippen LogP contribution in [-0.4, -0.2) is 215 Å². The maximum Gasteiger partial charge on any atom is 0.364 e. The molecule has 109 heavy (non-hydrogen) atoms. The van der Waals surface area contributed by atoms with Crippen molar-refractivity contribution in [1.29, 1.82) is 0 Å². The van der Waals surface area contributed by atoms with Gasteiger partial charge in [-0.25, -0.2) is 4.79 Å². The van der Waals surface area contributed by atoms with E-state index in [4.69, 9.17) is 28.4 Å². The van der Waals surface area contributed by atoms with Gasteiger partial charge in [0.25, 0.3) is 5.79 Å². The summed E-state index contributed by atoms with van der Waals surface area (Å²) in [5, 5.41) is 137. The SMILES string of the molecule is CCCCCCCCCCCCCC/C=C\CCCCCCCCCCCCCCCCCCCC(=O)NC(COC1OC(CO)C(OC2OC(CO)C(O)C(OC3(C(=O)O)CC(O)C(NC(C)=O)C(C(O)C(O)CO)O3)C2O)C(O)C1O)C(O)/C=C/CCCCCCCCCCCCCCCCCCCCCC. The normalized spacial score (nSPS) is 25.8. The molecule has 0 bridgehead atoms. The predicted octanol–water partition coefficient (Wildman–Crippen LogP) is 13.5. The Hall–Kier alpha value is -2.79. The number of hydrogen-bond acceptors (Lipinski definition) is 20. The van der Waals surface area contributed by atoms with E-state index in [1.165, 1.54) is 276 Å². The molecule has 640 valence electrons. The zero-order chi connectivity index (χ0) is 79.5. The van der Waals surface area contributed by atoms with Crippen molar-refractivity contribution in [3.05, 3.63) is 24.3 Å². The lowest BCUT2D eigenvalue weighted by Gasteiger charge is -2.50. The minimum absolute atomic E-state index is 0.204. The molecule has 3 fully saturated rings. The number of rotatable bonds is 71. The molecule has 2 amide bonds. The Morgan fingerprint density at radius 1 is 0.477 bits per heavy atom. The molecule has 18 unspecified atom stereocenters. The van der Waals surface area contributed by atoms with Crippen LogP contribution in [-0.2, 0) is 42.8 Å². The number of carboxylic acids is 1. The van der Waals surface area contributed by atoms with Gasteiger partial charge < -0.3 is 100 Å². The van der Waals surface area contributed by atoms with Gasteiger partial charge in [-0.1, -0.05) is 327 Å². The summed E-state index contributed by atoms with van der Waals surface area (Å²) in [5.41, 5.74) is 0. The lowest BCUT2D eigenvalue weighted by Crippen LogP contribution is -2.70. The number of unbranched alkanes of at least 4 members (excludes halogenated alkanes) is 49. The molecule has 0 aromatic carbocycles. The average molecular weight is 1560 g/mol. The summed E-state index contributed by atoms with van der Waals surface area (Å²) in [4.78, 5) is 38.8. The minimum atomic E-state index is -3.08. The number of ether oxygens (including phenoxy) is 6. The van der Waals surface area contributed by atoms with Crippen LogP contribution in [0.25, 0.3) is 0 Å². The van der Waals surface area contributed by atoms with Crippen molar-refractivity contribution in [1.82, 2.24) is 10.6 Å². The van der Waals surface area contributed by atoms with Crippen LogP contribution < -0.4 is 10.6 Å². The van der Waals surface area contributed by atoms with Gasteiger partial charge in [-0.3, -0.25) is 9.59 Å². The number of amides is 2. The zero-order valence-electron chi connectivity index (χ0n) is 68.2. The highest BCUT2D eigenvalue weighted by molar-refractivity contribution is 5.77. The fraction of sp³-hybridized carbons (Fsp3) is 0.919. The number of carbonyl (C=O) groups is 3. The van der Waals surface area contributed by atoms with Gasteiger partial charge in [-0.15, -0.1) is 0 Å². The van der Waals surface area contributed by atoms with Crippen molar-refractivity contribution in [2.45, 2.75) is 477 Å². The molecule has 3 rings (SSSR count). The van der Waals surface area contributed by atoms with Crippen LogP contribution in [0.5, 0.6) is 0 Å². The largest absolute Gasteiger partial charge is 0.477 e. The number of aliphatic hydroxyl groups excluding tert-OH is 11. The first-order chi connectivity index (χ1) is 52.9. The molecule has 23 nitrogen and oxygen atoms in total. The number of hydrogen-bond donors (Lipinski definition) is 14. The highest BCUT2D eigenvalue weighted by Gasteiger charge is 2.60.